The van der Waals surface area contributed by atoms with Crippen molar-refractivity contribution in [1.29, 1.82) is 0 Å². The average molecular weight is 347 g/mol. The number of phenols is 1. The number of rotatable bonds is 3. The number of aromatic hydroxyl groups is 1. The fourth-order valence-corrected chi connectivity index (χ4v) is 2.91. The summed E-state index contributed by atoms with van der Waals surface area (Å²) in [5, 5.41) is 10.4. The molecule has 8 nitrogen and oxygen atoms in total. The van der Waals surface area contributed by atoms with Gasteiger partial charge in [0.25, 0.3) is 5.91 Å². The highest BCUT2D eigenvalue weighted by atomic mass is 16.5. The van der Waals surface area contributed by atoms with E-state index >= 15 is 0 Å². The molecule has 25 heavy (non-hydrogen) atoms. The first kappa shape index (κ1) is 17.0. The van der Waals surface area contributed by atoms with Gasteiger partial charge in [0.15, 0.2) is 23.4 Å². The van der Waals surface area contributed by atoms with Crippen molar-refractivity contribution >= 4 is 23.2 Å². The Morgan fingerprint density at radius 1 is 1.36 bits per heavy atom. The number of aryl methyl sites for hydroxylation is 1. The third-order valence-electron chi connectivity index (χ3n) is 4.28. The van der Waals surface area contributed by atoms with E-state index in [1.165, 1.54) is 18.1 Å². The van der Waals surface area contributed by atoms with E-state index < -0.39 is 17.3 Å². The zero-order chi connectivity index (χ0) is 18.1. The second-order valence-corrected chi connectivity index (χ2v) is 5.63. The summed E-state index contributed by atoms with van der Waals surface area (Å²) < 4.78 is 15.5. The highest BCUT2D eigenvalue weighted by Gasteiger charge is 2.27. The molecule has 1 N–H and O–H groups in total. The van der Waals surface area contributed by atoms with Crippen LogP contribution in [0.3, 0.4) is 0 Å². The van der Waals surface area contributed by atoms with E-state index in [9.17, 15) is 19.5 Å². The second-order valence-electron chi connectivity index (χ2n) is 5.63. The molecule has 1 amide bonds. The van der Waals surface area contributed by atoms with Crippen LogP contribution in [0, 0.1) is 6.92 Å². The van der Waals surface area contributed by atoms with Crippen LogP contribution in [0.25, 0.3) is 11.0 Å². The Bertz CT molecular complexity index is 910. The lowest BCUT2D eigenvalue weighted by molar-refractivity contribution is 0.0299. The van der Waals surface area contributed by atoms with Gasteiger partial charge in [-0.15, -0.1) is 0 Å². The maximum absolute atomic E-state index is 12.7. The molecule has 1 aliphatic heterocycles. The lowest BCUT2D eigenvalue weighted by atomic mass is 10.0. The number of hydrogen-bond acceptors (Lipinski definition) is 7. The topological polar surface area (TPSA) is 106 Å². The summed E-state index contributed by atoms with van der Waals surface area (Å²) in [4.78, 5) is 38.0. The van der Waals surface area contributed by atoms with Gasteiger partial charge < -0.3 is 23.9 Å². The largest absolute Gasteiger partial charge is 0.504 e. The number of nitrogens with zero attached hydrogens (tertiary/aromatic N) is 1. The van der Waals surface area contributed by atoms with Crippen LogP contribution < -0.4 is 10.4 Å². The quantitative estimate of drug-likeness (QED) is 0.654. The number of carbonyl (C=O) groups is 2. The van der Waals surface area contributed by atoms with Crippen molar-refractivity contribution in [3.05, 3.63) is 33.2 Å². The fourth-order valence-electron chi connectivity index (χ4n) is 2.91. The van der Waals surface area contributed by atoms with Crippen LogP contribution in [0.1, 0.15) is 26.3 Å². The van der Waals surface area contributed by atoms with Gasteiger partial charge in [-0.1, -0.05) is 0 Å². The molecule has 0 aliphatic carbocycles. The van der Waals surface area contributed by atoms with Gasteiger partial charge in [0, 0.05) is 18.5 Å². The summed E-state index contributed by atoms with van der Waals surface area (Å²) in [6, 6.07) is 1.44. The van der Waals surface area contributed by atoms with Crippen molar-refractivity contribution in [2.45, 2.75) is 6.92 Å². The highest BCUT2D eigenvalue weighted by Crippen LogP contribution is 2.36. The molecule has 1 saturated heterocycles. The first-order valence-corrected chi connectivity index (χ1v) is 7.69. The van der Waals surface area contributed by atoms with E-state index in [1.807, 2.05) is 0 Å². The van der Waals surface area contributed by atoms with Crippen LogP contribution in [0.5, 0.6) is 11.5 Å². The number of amides is 1. The van der Waals surface area contributed by atoms with Crippen molar-refractivity contribution in [2.24, 2.45) is 0 Å². The van der Waals surface area contributed by atoms with E-state index in [4.69, 9.17) is 13.9 Å². The summed E-state index contributed by atoms with van der Waals surface area (Å²) in [6.45, 7) is 3.17. The molecule has 0 spiro atoms. The van der Waals surface area contributed by atoms with Crippen LogP contribution in [0.15, 0.2) is 15.3 Å². The lowest BCUT2D eigenvalue weighted by Crippen LogP contribution is -2.42. The summed E-state index contributed by atoms with van der Waals surface area (Å²) in [5.41, 5.74) is -0.855. The second kappa shape index (κ2) is 6.56. The number of carbonyl (C=O) groups excluding carboxylic acids is 2. The van der Waals surface area contributed by atoms with Gasteiger partial charge in [0.1, 0.15) is 11.1 Å². The van der Waals surface area contributed by atoms with Crippen molar-refractivity contribution in [3.63, 3.8) is 0 Å². The van der Waals surface area contributed by atoms with Gasteiger partial charge in [-0.25, -0.2) is 4.79 Å². The third-order valence-corrected chi connectivity index (χ3v) is 4.28. The van der Waals surface area contributed by atoms with E-state index in [0.29, 0.717) is 43.5 Å². The van der Waals surface area contributed by atoms with Gasteiger partial charge in [-0.05, 0) is 18.6 Å². The molecule has 1 aliphatic rings. The first-order valence-electron chi connectivity index (χ1n) is 7.69. The number of methoxy groups -OCH3 is 1. The number of phenolic OH excluding ortho intramolecular Hbond substituents is 1. The molecule has 2 aromatic rings. The Balaban J connectivity index is 2.25. The molecule has 3 rings (SSSR count). The Morgan fingerprint density at radius 2 is 2.04 bits per heavy atom. The minimum atomic E-state index is -0.853. The van der Waals surface area contributed by atoms with Crippen molar-refractivity contribution in [3.8, 4) is 11.5 Å². The standard InChI is InChI=1S/C17H17NO7/c1-9-10-7-12(23-2)14(20)11(8-19)15(10)25-17(22)13(9)16(21)18-3-5-24-6-4-18/h7-8,20H,3-6H2,1-2H3. The molecule has 2 heterocycles. The van der Waals surface area contributed by atoms with Crippen LogP contribution in [0.2, 0.25) is 0 Å². The van der Waals surface area contributed by atoms with Gasteiger partial charge in [-0.2, -0.15) is 0 Å². The number of ether oxygens (including phenoxy) is 2. The molecular formula is C17H17NO7. The predicted molar refractivity (Wildman–Crippen MR) is 87.5 cm³/mol. The van der Waals surface area contributed by atoms with Crippen molar-refractivity contribution < 1.29 is 28.6 Å². The van der Waals surface area contributed by atoms with Crippen LogP contribution in [0.4, 0.5) is 0 Å². The van der Waals surface area contributed by atoms with Crippen LogP contribution in [-0.2, 0) is 4.74 Å². The Labute approximate surface area is 142 Å². The van der Waals surface area contributed by atoms with Gasteiger partial charge in [-0.3, -0.25) is 9.59 Å². The number of fused-ring (bicyclic) bond motifs is 1. The molecule has 1 fully saturated rings. The zero-order valence-corrected chi connectivity index (χ0v) is 13.8. The van der Waals surface area contributed by atoms with E-state index in [-0.39, 0.29) is 22.5 Å². The maximum atomic E-state index is 12.7. The van der Waals surface area contributed by atoms with Gasteiger partial charge in [0.05, 0.1) is 20.3 Å². The molecule has 0 unspecified atom stereocenters. The molecule has 0 saturated carbocycles. The SMILES string of the molecule is COc1cc2c(C)c(C(=O)N3CCOCC3)c(=O)oc2c(C=O)c1O. The Hall–Kier alpha value is -2.87. The molecule has 8 heteroatoms. The highest BCUT2D eigenvalue weighted by molar-refractivity contribution is 6.04. The van der Waals surface area contributed by atoms with Crippen LogP contribution in [-0.4, -0.2) is 55.6 Å². The van der Waals surface area contributed by atoms with Gasteiger partial charge in [0.2, 0.25) is 0 Å². The third kappa shape index (κ3) is 2.74. The monoisotopic (exact) mass is 347 g/mol. The summed E-state index contributed by atoms with van der Waals surface area (Å²) in [5.74, 6) is -0.813. The predicted octanol–water partition coefficient (Wildman–Crippen LogP) is 1.10. The number of aldehydes is 1. The molecular weight excluding hydrogens is 330 g/mol. The molecule has 0 bridgehead atoms. The summed E-state index contributed by atoms with van der Waals surface area (Å²) in [6.07, 6.45) is 0.381. The van der Waals surface area contributed by atoms with E-state index in [2.05, 4.69) is 0 Å². The molecule has 1 aromatic heterocycles. The Kier molecular flexibility index (Phi) is 4.45. The normalized spacial score (nSPS) is 14.6. The van der Waals surface area contributed by atoms with Crippen molar-refractivity contribution in [1.82, 2.24) is 4.90 Å². The minimum absolute atomic E-state index is 0.0521. The van der Waals surface area contributed by atoms with E-state index in [1.54, 1.807) is 6.92 Å². The zero-order valence-electron chi connectivity index (χ0n) is 13.8. The fraction of sp³-hybridized carbons (Fsp3) is 0.353. The lowest BCUT2D eigenvalue weighted by Gasteiger charge is -2.27. The van der Waals surface area contributed by atoms with Crippen LogP contribution >= 0.6 is 0 Å². The molecule has 132 valence electrons. The number of hydrogen-bond donors (Lipinski definition) is 1. The molecule has 1 aromatic carbocycles. The summed E-state index contributed by atoms with van der Waals surface area (Å²) >= 11 is 0. The minimum Gasteiger partial charge on any atom is -0.504 e. The summed E-state index contributed by atoms with van der Waals surface area (Å²) in [7, 11) is 1.34. The number of benzene rings is 1. The maximum Gasteiger partial charge on any atom is 0.349 e. The molecule has 0 radical (unpaired) electrons. The number of morpholine rings is 1. The Morgan fingerprint density at radius 3 is 2.64 bits per heavy atom. The first-order chi connectivity index (χ1) is 12.0. The van der Waals surface area contributed by atoms with Crippen molar-refractivity contribution in [2.75, 3.05) is 33.4 Å². The molecule has 0 atom stereocenters. The van der Waals surface area contributed by atoms with Gasteiger partial charge >= 0.3 is 5.63 Å². The average Bonchev–Trinajstić information content (AvgIpc) is 2.62. The van der Waals surface area contributed by atoms with E-state index in [0.717, 1.165) is 0 Å². The smallest absolute Gasteiger partial charge is 0.349 e.